The van der Waals surface area contributed by atoms with Gasteiger partial charge < -0.3 is 20.1 Å². The molecule has 10 heteroatoms. The van der Waals surface area contributed by atoms with Crippen molar-refractivity contribution in [3.05, 3.63) is 0 Å². The Kier molecular flexibility index (Phi) is 30.9. The van der Waals surface area contributed by atoms with E-state index in [0.717, 1.165) is 38.0 Å². The Labute approximate surface area is 276 Å². The molecule has 9 nitrogen and oxygen atoms in total. The molecule has 0 aromatic rings. The number of unbranched alkanes of at least 4 members (excludes halogenated alkanes) is 19. The van der Waals surface area contributed by atoms with Gasteiger partial charge in [-0.2, -0.15) is 0 Å². The summed E-state index contributed by atoms with van der Waals surface area (Å²) < 4.78 is 32.6. The first-order chi connectivity index (χ1) is 21.7. The largest absolute Gasteiger partial charge is 0.472 e. The smallest absolute Gasteiger partial charge is 0.462 e. The van der Waals surface area contributed by atoms with Crippen LogP contribution in [0.2, 0.25) is 0 Å². The van der Waals surface area contributed by atoms with E-state index < -0.39 is 26.5 Å². The molecule has 0 aliphatic rings. The Hall–Kier alpha value is -0.990. The van der Waals surface area contributed by atoms with Crippen LogP contribution >= 0.6 is 7.82 Å². The van der Waals surface area contributed by atoms with Crippen LogP contribution in [-0.4, -0.2) is 49.3 Å². The minimum atomic E-state index is -4.36. The van der Waals surface area contributed by atoms with E-state index in [1.54, 1.807) is 0 Å². The molecule has 1 unspecified atom stereocenters. The zero-order valence-corrected chi connectivity index (χ0v) is 30.2. The summed E-state index contributed by atoms with van der Waals surface area (Å²) in [7, 11) is -4.36. The van der Waals surface area contributed by atoms with Gasteiger partial charge in [0.25, 0.3) is 0 Å². The van der Waals surface area contributed by atoms with Gasteiger partial charge in [0.1, 0.15) is 6.61 Å². The second kappa shape index (κ2) is 31.6. The van der Waals surface area contributed by atoms with Crippen LogP contribution < -0.4 is 5.73 Å². The Balaban J connectivity index is 4.23. The minimum Gasteiger partial charge on any atom is -0.462 e. The fraction of sp³-hybridized carbons (Fsp3) is 0.943. The van der Waals surface area contributed by atoms with Crippen molar-refractivity contribution in [1.29, 1.82) is 0 Å². The molecule has 0 amide bonds. The molecule has 0 aliphatic carbocycles. The minimum absolute atomic E-state index is 0.0569. The number of rotatable bonds is 34. The fourth-order valence-electron chi connectivity index (χ4n) is 5.17. The molecule has 0 rings (SSSR count). The van der Waals surface area contributed by atoms with Crippen molar-refractivity contribution in [3.8, 4) is 0 Å². The molecule has 0 spiro atoms. The highest BCUT2D eigenvalue weighted by atomic mass is 31.2. The van der Waals surface area contributed by atoms with Crippen LogP contribution in [0.5, 0.6) is 0 Å². The summed E-state index contributed by atoms with van der Waals surface area (Å²) >= 11 is 0. The number of phosphoric acid groups is 1. The second-order valence-electron chi connectivity index (χ2n) is 12.9. The molecule has 0 fully saturated rings. The van der Waals surface area contributed by atoms with Crippen LogP contribution in [0, 0.1) is 5.92 Å². The topological polar surface area (TPSA) is 134 Å². The summed E-state index contributed by atoms with van der Waals surface area (Å²) in [6.07, 6.45) is 25.7. The molecule has 0 radical (unpaired) electrons. The Morgan fingerprint density at radius 1 is 0.644 bits per heavy atom. The number of phosphoric ester groups is 1. The van der Waals surface area contributed by atoms with Gasteiger partial charge in [-0.1, -0.05) is 149 Å². The molecule has 0 heterocycles. The predicted molar refractivity (Wildman–Crippen MR) is 183 cm³/mol. The van der Waals surface area contributed by atoms with E-state index in [4.69, 9.17) is 24.3 Å². The summed E-state index contributed by atoms with van der Waals surface area (Å²) in [5.41, 5.74) is 5.32. The third kappa shape index (κ3) is 32.7. The van der Waals surface area contributed by atoms with Crippen LogP contribution in [0.4, 0.5) is 0 Å². The molecule has 2 atom stereocenters. The van der Waals surface area contributed by atoms with Gasteiger partial charge in [0.2, 0.25) is 0 Å². The molecule has 0 aliphatic heterocycles. The van der Waals surface area contributed by atoms with Gasteiger partial charge >= 0.3 is 19.8 Å². The lowest BCUT2D eigenvalue weighted by atomic mass is 10.0. The van der Waals surface area contributed by atoms with Gasteiger partial charge in [0.05, 0.1) is 13.2 Å². The maximum Gasteiger partial charge on any atom is 0.472 e. The second-order valence-corrected chi connectivity index (χ2v) is 14.4. The van der Waals surface area contributed by atoms with Gasteiger partial charge in [-0.25, -0.2) is 4.57 Å². The Morgan fingerprint density at radius 2 is 1.09 bits per heavy atom. The lowest BCUT2D eigenvalue weighted by molar-refractivity contribution is -0.161. The van der Waals surface area contributed by atoms with E-state index in [1.807, 2.05) is 0 Å². The summed E-state index contributed by atoms with van der Waals surface area (Å²) in [5.74, 6) is -0.0359. The van der Waals surface area contributed by atoms with Gasteiger partial charge in [-0.15, -0.1) is 0 Å². The van der Waals surface area contributed by atoms with Crippen LogP contribution in [0.3, 0.4) is 0 Å². The van der Waals surface area contributed by atoms with E-state index in [1.165, 1.54) is 103 Å². The maximum atomic E-state index is 12.5. The van der Waals surface area contributed by atoms with Crippen molar-refractivity contribution in [2.45, 2.75) is 181 Å². The number of hydrogen-bond donors (Lipinski definition) is 2. The Morgan fingerprint density at radius 3 is 1.56 bits per heavy atom. The van der Waals surface area contributed by atoms with Gasteiger partial charge in [-0.05, 0) is 18.8 Å². The van der Waals surface area contributed by atoms with E-state index in [0.29, 0.717) is 6.42 Å². The first-order valence-electron chi connectivity index (χ1n) is 18.4. The van der Waals surface area contributed by atoms with Gasteiger partial charge in [0, 0.05) is 19.4 Å². The molecule has 0 saturated heterocycles. The molecule has 0 aromatic carbocycles. The molecule has 0 aromatic heterocycles. The third-order valence-corrected chi connectivity index (χ3v) is 8.91. The molecule has 268 valence electrons. The predicted octanol–water partition coefficient (Wildman–Crippen LogP) is 9.57. The van der Waals surface area contributed by atoms with Gasteiger partial charge in [0.15, 0.2) is 6.10 Å². The van der Waals surface area contributed by atoms with Gasteiger partial charge in [-0.3, -0.25) is 18.6 Å². The fourth-order valence-corrected chi connectivity index (χ4v) is 5.94. The molecule has 0 bridgehead atoms. The highest BCUT2D eigenvalue weighted by Crippen LogP contribution is 2.43. The summed E-state index contributed by atoms with van der Waals surface area (Å²) in [6.45, 7) is 6.03. The van der Waals surface area contributed by atoms with Crippen molar-refractivity contribution in [2.75, 3.05) is 26.4 Å². The highest BCUT2D eigenvalue weighted by Gasteiger charge is 2.25. The van der Waals surface area contributed by atoms with Crippen molar-refractivity contribution in [1.82, 2.24) is 0 Å². The van der Waals surface area contributed by atoms with E-state index in [-0.39, 0.29) is 38.6 Å². The summed E-state index contributed by atoms with van der Waals surface area (Å²) in [5, 5.41) is 0. The van der Waals surface area contributed by atoms with Crippen LogP contribution in [0.25, 0.3) is 0 Å². The SMILES string of the molecule is CCCCCCCCCCCCCCC(=O)OC[C@@H](COP(=O)(O)OCCN)OC(=O)CCCCCCCCCCCC(C)C. The lowest BCUT2D eigenvalue weighted by Gasteiger charge is -2.19. The van der Waals surface area contributed by atoms with Crippen LogP contribution in [0.15, 0.2) is 0 Å². The van der Waals surface area contributed by atoms with Crippen LogP contribution in [0.1, 0.15) is 175 Å². The quantitative estimate of drug-likeness (QED) is 0.0392. The Bertz CT molecular complexity index is 736. The molecule has 45 heavy (non-hydrogen) atoms. The van der Waals surface area contributed by atoms with Crippen molar-refractivity contribution < 1.29 is 37.6 Å². The van der Waals surface area contributed by atoms with Crippen LogP contribution in [-0.2, 0) is 32.7 Å². The zero-order chi connectivity index (χ0) is 33.4. The number of esters is 2. The molecule has 3 N–H and O–H groups in total. The van der Waals surface area contributed by atoms with E-state index in [9.17, 15) is 19.0 Å². The van der Waals surface area contributed by atoms with E-state index in [2.05, 4.69) is 20.8 Å². The third-order valence-electron chi connectivity index (χ3n) is 7.92. The average molecular weight is 664 g/mol. The number of carbonyl (C=O) groups is 2. The average Bonchev–Trinajstić information content (AvgIpc) is 3.00. The first kappa shape index (κ1) is 44.0. The molecular formula is C35H70NO8P. The lowest BCUT2D eigenvalue weighted by Crippen LogP contribution is -2.29. The van der Waals surface area contributed by atoms with Crippen molar-refractivity contribution >= 4 is 19.8 Å². The standard InChI is InChI=1S/C35H70NO8P/c1-4-5-6-7-8-9-10-11-14-17-20-23-26-34(37)41-30-33(31-43-45(39,40)42-29-28-36)44-35(38)27-24-21-18-15-12-13-16-19-22-25-32(2)3/h32-33H,4-31,36H2,1-3H3,(H,39,40)/t33-/m0/s1. The normalized spacial score (nSPS) is 13.6. The maximum absolute atomic E-state index is 12.5. The summed E-state index contributed by atoms with van der Waals surface area (Å²) in [6, 6.07) is 0. The van der Waals surface area contributed by atoms with Crippen molar-refractivity contribution in [2.24, 2.45) is 11.7 Å². The summed E-state index contributed by atoms with van der Waals surface area (Å²) in [4.78, 5) is 34.6. The molecular weight excluding hydrogens is 593 g/mol. The number of ether oxygens (including phenoxy) is 2. The number of hydrogen-bond acceptors (Lipinski definition) is 8. The van der Waals surface area contributed by atoms with E-state index >= 15 is 0 Å². The highest BCUT2D eigenvalue weighted by molar-refractivity contribution is 7.47. The molecule has 0 saturated carbocycles. The zero-order valence-electron chi connectivity index (χ0n) is 29.3. The van der Waals surface area contributed by atoms with Crippen molar-refractivity contribution in [3.63, 3.8) is 0 Å². The first-order valence-corrected chi connectivity index (χ1v) is 19.9. The monoisotopic (exact) mass is 663 g/mol. The number of nitrogens with two attached hydrogens (primary N) is 1. The number of carbonyl (C=O) groups excluding carboxylic acids is 2.